The normalized spacial score (nSPS) is 13.8. The van der Waals surface area contributed by atoms with Crippen LogP contribution in [0.1, 0.15) is 25.7 Å². The molecule has 1 aromatic rings. The van der Waals surface area contributed by atoms with Gasteiger partial charge in [-0.3, -0.25) is 14.4 Å². The summed E-state index contributed by atoms with van der Waals surface area (Å²) in [7, 11) is -3.76. The van der Waals surface area contributed by atoms with Gasteiger partial charge >= 0.3 is 11.9 Å². The van der Waals surface area contributed by atoms with Gasteiger partial charge in [0.1, 0.15) is 0 Å². The zero-order valence-corrected chi connectivity index (χ0v) is 15.3. The van der Waals surface area contributed by atoms with Crippen molar-refractivity contribution in [3.63, 3.8) is 0 Å². The Morgan fingerprint density at radius 2 is 1.59 bits per heavy atom. The van der Waals surface area contributed by atoms with Crippen molar-refractivity contribution in [2.75, 3.05) is 0 Å². The maximum absolute atomic E-state index is 12.3. The summed E-state index contributed by atoms with van der Waals surface area (Å²) in [4.78, 5) is 33.4. The number of sulfone groups is 1. The molecule has 1 unspecified atom stereocenters. The third-order valence-corrected chi connectivity index (χ3v) is 5.01. The van der Waals surface area contributed by atoms with E-state index in [0.29, 0.717) is 0 Å². The number of carbonyl (C=O) groups excluding carboxylic acids is 1. The van der Waals surface area contributed by atoms with Crippen LogP contribution in [0.3, 0.4) is 0 Å². The topological polar surface area (TPSA) is 164 Å². The first-order chi connectivity index (χ1) is 12.6. The Balaban J connectivity index is 2.86. The first-order valence-corrected chi connectivity index (χ1v) is 9.64. The van der Waals surface area contributed by atoms with Crippen LogP contribution in [0, 0.1) is 0 Å². The van der Waals surface area contributed by atoms with Crippen LogP contribution < -0.4 is 11.1 Å². The van der Waals surface area contributed by atoms with Gasteiger partial charge in [-0.2, -0.15) is 0 Å². The number of carboxylic acids is 2. The van der Waals surface area contributed by atoms with Gasteiger partial charge in [0, 0.05) is 24.3 Å². The molecule has 5 N–H and O–H groups in total. The van der Waals surface area contributed by atoms with Crippen molar-refractivity contribution >= 4 is 27.7 Å². The Labute approximate surface area is 156 Å². The number of carboxylic acid groups (broad SMARTS) is 2. The molecule has 0 fully saturated rings. The molecule has 0 saturated carbocycles. The Hall–Kier alpha value is -2.72. The predicted octanol–water partition coefficient (Wildman–Crippen LogP) is 0.516. The highest BCUT2D eigenvalue weighted by atomic mass is 32.2. The fourth-order valence-electron chi connectivity index (χ4n) is 2.08. The number of nitrogens with two attached hydrogens (primary N) is 1. The highest BCUT2D eigenvalue weighted by molar-refractivity contribution is 7.94. The van der Waals surface area contributed by atoms with E-state index in [0.717, 1.165) is 5.41 Å². The smallest absolute Gasteiger partial charge is 0.303 e. The summed E-state index contributed by atoms with van der Waals surface area (Å²) in [6, 6.07) is 5.61. The Kier molecular flexibility index (Phi) is 8.63. The van der Waals surface area contributed by atoms with E-state index in [1.807, 2.05) is 0 Å². The molecule has 1 amide bonds. The van der Waals surface area contributed by atoms with E-state index < -0.39 is 39.8 Å². The monoisotopic (exact) mass is 398 g/mol. The number of amides is 1. The van der Waals surface area contributed by atoms with E-state index in [9.17, 15) is 22.8 Å². The van der Waals surface area contributed by atoms with E-state index >= 15 is 0 Å². The summed E-state index contributed by atoms with van der Waals surface area (Å²) >= 11 is 0. The average molecular weight is 398 g/mol. The first-order valence-electron chi connectivity index (χ1n) is 8.09. The standard InChI is InChI=1S/C17H22N2O7S/c18-14(7-9-16(22)23)17(24)19-12(6-8-15(20)21)10-11-27(25,26)13-4-2-1-3-5-13/h1-5,10-12,14H,6-9,18H2,(H,19,24)(H,20,21)(H,22,23)/t12?,14-/m0/s1. The van der Waals surface area contributed by atoms with Gasteiger partial charge in [0.2, 0.25) is 5.91 Å². The lowest BCUT2D eigenvalue weighted by molar-refractivity contribution is -0.138. The quantitative estimate of drug-likeness (QED) is 0.419. The van der Waals surface area contributed by atoms with Crippen LogP contribution in [-0.4, -0.2) is 48.6 Å². The lowest BCUT2D eigenvalue weighted by atomic mass is 10.1. The maximum Gasteiger partial charge on any atom is 0.303 e. The number of aliphatic carboxylic acids is 2. The van der Waals surface area contributed by atoms with Gasteiger partial charge in [0.05, 0.1) is 10.9 Å². The molecule has 1 rings (SSSR count). The second kappa shape index (κ2) is 10.4. The second-order valence-electron chi connectivity index (χ2n) is 5.77. The molecule has 0 heterocycles. The fraction of sp³-hybridized carbons (Fsp3) is 0.353. The molecule has 0 aromatic heterocycles. The highest BCUT2D eigenvalue weighted by Crippen LogP contribution is 2.12. The van der Waals surface area contributed by atoms with Gasteiger partial charge in [-0.1, -0.05) is 24.3 Å². The summed E-state index contributed by atoms with van der Waals surface area (Å²) in [5, 5.41) is 20.8. The summed E-state index contributed by atoms with van der Waals surface area (Å²) in [6.45, 7) is 0. The largest absolute Gasteiger partial charge is 0.481 e. The van der Waals surface area contributed by atoms with Crippen LogP contribution in [-0.2, 0) is 24.2 Å². The summed E-state index contributed by atoms with van der Waals surface area (Å²) in [6.07, 6.45) is 0.442. The Bertz CT molecular complexity index is 791. The third kappa shape index (κ3) is 8.47. The van der Waals surface area contributed by atoms with Gasteiger partial charge in [0.25, 0.3) is 0 Å². The summed E-state index contributed by atoms with van der Waals surface area (Å²) in [5.41, 5.74) is 5.61. The molecule has 0 spiro atoms. The molecule has 148 valence electrons. The number of hydrogen-bond acceptors (Lipinski definition) is 6. The van der Waals surface area contributed by atoms with Crippen LogP contribution in [0.15, 0.2) is 46.7 Å². The highest BCUT2D eigenvalue weighted by Gasteiger charge is 2.19. The van der Waals surface area contributed by atoms with E-state index in [2.05, 4.69) is 5.32 Å². The van der Waals surface area contributed by atoms with Gasteiger partial charge in [0.15, 0.2) is 9.84 Å². The van der Waals surface area contributed by atoms with Crippen molar-refractivity contribution in [1.82, 2.24) is 5.32 Å². The van der Waals surface area contributed by atoms with Gasteiger partial charge in [-0.15, -0.1) is 0 Å². The minimum absolute atomic E-state index is 0.0481. The molecule has 27 heavy (non-hydrogen) atoms. The zero-order chi connectivity index (χ0) is 20.4. The summed E-state index contributed by atoms with van der Waals surface area (Å²) in [5.74, 6) is -2.90. The van der Waals surface area contributed by atoms with Crippen molar-refractivity contribution < 1.29 is 33.0 Å². The second-order valence-corrected chi connectivity index (χ2v) is 7.61. The molecule has 0 bridgehead atoms. The molecular weight excluding hydrogens is 376 g/mol. The average Bonchev–Trinajstić information content (AvgIpc) is 2.62. The molecule has 2 atom stereocenters. The number of nitrogens with one attached hydrogen (secondary N) is 1. The summed E-state index contributed by atoms with van der Waals surface area (Å²) < 4.78 is 24.5. The van der Waals surface area contributed by atoms with Crippen LogP contribution in [0.2, 0.25) is 0 Å². The van der Waals surface area contributed by atoms with Crippen molar-refractivity contribution in [3.05, 3.63) is 41.8 Å². The Morgan fingerprint density at radius 1 is 1.04 bits per heavy atom. The molecule has 0 aliphatic heterocycles. The van der Waals surface area contributed by atoms with Crippen LogP contribution in [0.5, 0.6) is 0 Å². The number of rotatable bonds is 11. The van der Waals surface area contributed by atoms with Gasteiger partial charge in [-0.05, 0) is 25.0 Å². The molecule has 0 saturated heterocycles. The SMILES string of the molecule is N[C@@H](CCC(=O)O)C(=O)NC(C=CS(=O)(=O)c1ccccc1)CCC(=O)O. The first kappa shape index (κ1) is 22.3. The van der Waals surface area contributed by atoms with E-state index in [-0.39, 0.29) is 30.6 Å². The van der Waals surface area contributed by atoms with E-state index in [1.54, 1.807) is 18.2 Å². The van der Waals surface area contributed by atoms with Gasteiger partial charge in [-0.25, -0.2) is 8.42 Å². The molecule has 1 aromatic carbocycles. The van der Waals surface area contributed by atoms with Crippen LogP contribution >= 0.6 is 0 Å². The molecule has 9 nitrogen and oxygen atoms in total. The van der Waals surface area contributed by atoms with Crippen molar-refractivity contribution in [3.8, 4) is 0 Å². The number of hydrogen-bond donors (Lipinski definition) is 4. The molecule has 0 aliphatic carbocycles. The van der Waals surface area contributed by atoms with E-state index in [4.69, 9.17) is 15.9 Å². The minimum atomic E-state index is -3.76. The molecule has 0 radical (unpaired) electrons. The lowest BCUT2D eigenvalue weighted by Gasteiger charge is -2.17. The third-order valence-electron chi connectivity index (χ3n) is 3.56. The fourth-order valence-corrected chi connectivity index (χ4v) is 3.17. The molecule has 0 aliphatic rings. The number of benzene rings is 1. The maximum atomic E-state index is 12.3. The zero-order valence-electron chi connectivity index (χ0n) is 14.4. The molecule has 10 heteroatoms. The van der Waals surface area contributed by atoms with Crippen LogP contribution in [0.25, 0.3) is 0 Å². The van der Waals surface area contributed by atoms with Gasteiger partial charge < -0.3 is 21.3 Å². The van der Waals surface area contributed by atoms with Crippen molar-refractivity contribution in [2.24, 2.45) is 5.73 Å². The van der Waals surface area contributed by atoms with Crippen molar-refractivity contribution in [2.45, 2.75) is 42.7 Å². The Morgan fingerprint density at radius 3 is 2.15 bits per heavy atom. The number of carbonyl (C=O) groups is 3. The predicted molar refractivity (Wildman–Crippen MR) is 96.4 cm³/mol. The lowest BCUT2D eigenvalue weighted by Crippen LogP contribution is -2.45. The van der Waals surface area contributed by atoms with E-state index in [1.165, 1.54) is 18.2 Å². The minimum Gasteiger partial charge on any atom is -0.481 e. The molecular formula is C17H22N2O7S. The van der Waals surface area contributed by atoms with Crippen molar-refractivity contribution in [1.29, 1.82) is 0 Å². The van der Waals surface area contributed by atoms with Crippen LogP contribution in [0.4, 0.5) is 0 Å².